The Hall–Kier alpha value is 0.270. The van der Waals surface area contributed by atoms with Crippen molar-refractivity contribution in [3.63, 3.8) is 0 Å². The molecular weight excluding hydrogens is 172 g/mol. The third-order valence-corrected chi connectivity index (χ3v) is 1.92. The molecule has 0 aliphatic carbocycles. The Balaban J connectivity index is 2.97. The van der Waals surface area contributed by atoms with E-state index in [4.69, 9.17) is 9.47 Å². The number of rotatable bonds is 8. The lowest BCUT2D eigenvalue weighted by Crippen LogP contribution is -2.15. The molecule has 0 N–H and O–H groups in total. The van der Waals surface area contributed by atoms with E-state index < -0.39 is 0 Å². The van der Waals surface area contributed by atoms with Crippen molar-refractivity contribution in [3.05, 3.63) is 0 Å². The van der Waals surface area contributed by atoms with Crippen LogP contribution in [0.1, 0.15) is 26.2 Å². The summed E-state index contributed by atoms with van der Waals surface area (Å²) in [6, 6.07) is 0. The van der Waals surface area contributed by atoms with E-state index in [1.54, 1.807) is 7.11 Å². The van der Waals surface area contributed by atoms with Crippen molar-refractivity contribution in [2.45, 2.75) is 32.3 Å². The zero-order chi connectivity index (χ0) is 9.23. The zero-order valence-electron chi connectivity index (χ0n) is 8.08. The molecule has 12 heavy (non-hydrogen) atoms. The van der Waals surface area contributed by atoms with Gasteiger partial charge in [0.05, 0.1) is 12.7 Å². The number of methoxy groups -OCH3 is 1. The van der Waals surface area contributed by atoms with Crippen molar-refractivity contribution in [2.24, 2.45) is 0 Å². The van der Waals surface area contributed by atoms with E-state index in [1.807, 2.05) is 6.92 Å². The highest BCUT2D eigenvalue weighted by molar-refractivity contribution is 7.80. The molecule has 3 heteroatoms. The van der Waals surface area contributed by atoms with E-state index in [0.717, 1.165) is 18.8 Å². The first kappa shape index (κ1) is 12.3. The summed E-state index contributed by atoms with van der Waals surface area (Å²) in [5.74, 6) is 0.980. The summed E-state index contributed by atoms with van der Waals surface area (Å²) in [6.07, 6.45) is 3.76. The van der Waals surface area contributed by atoms with Crippen LogP contribution in [0.2, 0.25) is 0 Å². The molecule has 0 aliphatic rings. The Morgan fingerprint density at radius 2 is 2.00 bits per heavy atom. The van der Waals surface area contributed by atoms with Crippen LogP contribution in [0, 0.1) is 0 Å². The van der Waals surface area contributed by atoms with Crippen molar-refractivity contribution in [2.75, 3.05) is 26.1 Å². The number of hydrogen-bond acceptors (Lipinski definition) is 3. The van der Waals surface area contributed by atoms with E-state index in [1.165, 1.54) is 12.8 Å². The first-order chi connectivity index (χ1) is 5.81. The highest BCUT2D eigenvalue weighted by atomic mass is 32.1. The van der Waals surface area contributed by atoms with Crippen LogP contribution < -0.4 is 0 Å². The van der Waals surface area contributed by atoms with Gasteiger partial charge in [0, 0.05) is 13.7 Å². The summed E-state index contributed by atoms with van der Waals surface area (Å²) < 4.78 is 10.4. The van der Waals surface area contributed by atoms with Gasteiger partial charge in [-0.2, -0.15) is 12.6 Å². The van der Waals surface area contributed by atoms with Gasteiger partial charge in [-0.3, -0.25) is 0 Å². The number of unbranched alkanes of at least 4 members (excludes halogenated alkanes) is 2. The molecule has 1 unspecified atom stereocenters. The van der Waals surface area contributed by atoms with Gasteiger partial charge in [0.15, 0.2) is 0 Å². The van der Waals surface area contributed by atoms with Crippen LogP contribution in [-0.2, 0) is 9.47 Å². The van der Waals surface area contributed by atoms with Gasteiger partial charge in [0.25, 0.3) is 0 Å². The Labute approximate surface area is 81.0 Å². The highest BCUT2D eigenvalue weighted by Crippen LogP contribution is 1.99. The fraction of sp³-hybridized carbons (Fsp3) is 1.00. The van der Waals surface area contributed by atoms with Gasteiger partial charge in [-0.05, 0) is 25.5 Å². The zero-order valence-corrected chi connectivity index (χ0v) is 8.98. The lowest BCUT2D eigenvalue weighted by Gasteiger charge is -2.11. The largest absolute Gasteiger partial charge is 0.382 e. The Morgan fingerprint density at radius 1 is 1.25 bits per heavy atom. The molecule has 0 heterocycles. The van der Waals surface area contributed by atoms with Crippen LogP contribution in [0.3, 0.4) is 0 Å². The average Bonchev–Trinajstić information content (AvgIpc) is 2.05. The molecule has 0 rings (SSSR count). The molecule has 1 atom stereocenters. The lowest BCUT2D eigenvalue weighted by atomic mass is 10.3. The maximum Gasteiger partial charge on any atom is 0.0780 e. The predicted octanol–water partition coefficient (Wildman–Crippen LogP) is 2.14. The molecule has 0 radical (unpaired) electrons. The Bertz CT molecular complexity index is 88.6. The van der Waals surface area contributed by atoms with E-state index in [9.17, 15) is 0 Å². The molecule has 0 fully saturated rings. The number of ether oxygens (including phenoxy) is 2. The summed E-state index contributed by atoms with van der Waals surface area (Å²) in [5.41, 5.74) is 0. The van der Waals surface area contributed by atoms with E-state index in [0.29, 0.717) is 6.61 Å². The molecule has 0 saturated carbocycles. The van der Waals surface area contributed by atoms with Gasteiger partial charge < -0.3 is 9.47 Å². The highest BCUT2D eigenvalue weighted by Gasteiger charge is 1.99. The minimum atomic E-state index is 0.228. The predicted molar refractivity (Wildman–Crippen MR) is 55.0 cm³/mol. The van der Waals surface area contributed by atoms with Gasteiger partial charge in [-0.25, -0.2) is 0 Å². The quantitative estimate of drug-likeness (QED) is 0.469. The topological polar surface area (TPSA) is 18.5 Å². The van der Waals surface area contributed by atoms with Crippen molar-refractivity contribution < 1.29 is 9.47 Å². The van der Waals surface area contributed by atoms with Crippen molar-refractivity contribution in [1.29, 1.82) is 0 Å². The van der Waals surface area contributed by atoms with Gasteiger partial charge in [0.2, 0.25) is 0 Å². The van der Waals surface area contributed by atoms with E-state index >= 15 is 0 Å². The standard InChI is InChI=1S/C9H20O2S/c1-9(8-10-2)11-6-4-3-5-7-12/h9,12H,3-8H2,1-2H3. The molecule has 0 aliphatic heterocycles. The minimum absolute atomic E-state index is 0.228. The van der Waals surface area contributed by atoms with Gasteiger partial charge >= 0.3 is 0 Å². The Kier molecular flexibility index (Phi) is 9.57. The summed E-state index contributed by atoms with van der Waals surface area (Å²) in [4.78, 5) is 0. The van der Waals surface area contributed by atoms with Crippen LogP contribution in [0.25, 0.3) is 0 Å². The summed E-state index contributed by atoms with van der Waals surface area (Å²) in [7, 11) is 1.70. The molecular formula is C9H20O2S. The molecule has 0 aromatic carbocycles. The number of thiol groups is 1. The normalized spacial score (nSPS) is 13.2. The molecule has 0 bridgehead atoms. The third kappa shape index (κ3) is 8.37. The lowest BCUT2D eigenvalue weighted by molar-refractivity contribution is 0.00777. The van der Waals surface area contributed by atoms with Crippen LogP contribution in [0.4, 0.5) is 0 Å². The van der Waals surface area contributed by atoms with Crippen molar-refractivity contribution >= 4 is 12.6 Å². The summed E-state index contributed by atoms with van der Waals surface area (Å²) in [6.45, 7) is 3.56. The third-order valence-electron chi connectivity index (χ3n) is 1.61. The van der Waals surface area contributed by atoms with Crippen molar-refractivity contribution in [3.8, 4) is 0 Å². The molecule has 0 spiro atoms. The molecule has 0 amide bonds. The monoisotopic (exact) mass is 192 g/mol. The fourth-order valence-electron chi connectivity index (χ4n) is 0.958. The van der Waals surface area contributed by atoms with Crippen LogP contribution in [-0.4, -0.2) is 32.2 Å². The van der Waals surface area contributed by atoms with Gasteiger partial charge in [-0.1, -0.05) is 6.42 Å². The molecule has 0 aromatic rings. The second kappa shape index (κ2) is 9.36. The maximum atomic E-state index is 5.48. The summed E-state index contributed by atoms with van der Waals surface area (Å²) >= 11 is 4.14. The Morgan fingerprint density at radius 3 is 2.58 bits per heavy atom. The van der Waals surface area contributed by atoms with Gasteiger partial charge in [0.1, 0.15) is 0 Å². The van der Waals surface area contributed by atoms with Crippen LogP contribution in [0.15, 0.2) is 0 Å². The van der Waals surface area contributed by atoms with Gasteiger partial charge in [-0.15, -0.1) is 0 Å². The van der Waals surface area contributed by atoms with Crippen LogP contribution in [0.5, 0.6) is 0 Å². The number of hydrogen-bond donors (Lipinski definition) is 1. The second-order valence-electron chi connectivity index (χ2n) is 2.92. The maximum absolute atomic E-state index is 5.48. The van der Waals surface area contributed by atoms with E-state index in [-0.39, 0.29) is 6.10 Å². The average molecular weight is 192 g/mol. The molecule has 0 saturated heterocycles. The fourth-order valence-corrected chi connectivity index (χ4v) is 1.18. The first-order valence-electron chi connectivity index (χ1n) is 4.52. The molecule has 74 valence electrons. The molecule has 2 nitrogen and oxygen atoms in total. The van der Waals surface area contributed by atoms with E-state index in [2.05, 4.69) is 12.6 Å². The minimum Gasteiger partial charge on any atom is -0.382 e. The van der Waals surface area contributed by atoms with Crippen LogP contribution >= 0.6 is 12.6 Å². The van der Waals surface area contributed by atoms with Crippen molar-refractivity contribution in [1.82, 2.24) is 0 Å². The smallest absolute Gasteiger partial charge is 0.0780 e. The second-order valence-corrected chi connectivity index (χ2v) is 3.37. The SMILES string of the molecule is COCC(C)OCCCCCS. The first-order valence-corrected chi connectivity index (χ1v) is 5.16. The molecule has 0 aromatic heterocycles. The summed E-state index contributed by atoms with van der Waals surface area (Å²) in [5, 5.41) is 0.